The summed E-state index contributed by atoms with van der Waals surface area (Å²) < 4.78 is 0.917. The molecule has 0 aliphatic heterocycles. The molecule has 0 amide bonds. The van der Waals surface area contributed by atoms with E-state index in [1.807, 2.05) is 24.3 Å². The summed E-state index contributed by atoms with van der Waals surface area (Å²) in [4.78, 5) is 28.6. The van der Waals surface area contributed by atoms with Crippen LogP contribution in [0.3, 0.4) is 0 Å². The molecule has 0 spiro atoms. The van der Waals surface area contributed by atoms with Crippen molar-refractivity contribution in [2.45, 2.75) is 0 Å². The van der Waals surface area contributed by atoms with Crippen molar-refractivity contribution in [3.8, 4) is 0 Å². The first kappa shape index (κ1) is 11.3. The van der Waals surface area contributed by atoms with E-state index in [1.165, 1.54) is 22.7 Å². The number of aromatic nitrogens is 1. The number of rotatable bonds is 3. The largest absolute Gasteiger partial charge is 0.284 e. The highest BCUT2D eigenvalue weighted by Crippen LogP contribution is 2.23. The number of carbonyl (C=O) groups is 2. The first-order valence-corrected chi connectivity index (χ1v) is 6.93. The van der Waals surface area contributed by atoms with Crippen LogP contribution in [0.15, 0.2) is 41.8 Å². The average Bonchev–Trinajstić information content (AvgIpc) is 3.05. The fourth-order valence-electron chi connectivity index (χ4n) is 1.59. The lowest BCUT2D eigenvalue weighted by Gasteiger charge is -1.91. The topological polar surface area (TPSA) is 47.0 Å². The zero-order valence-electron chi connectivity index (χ0n) is 9.12. The van der Waals surface area contributed by atoms with Crippen molar-refractivity contribution in [2.75, 3.05) is 0 Å². The molecular weight excluding hydrogens is 266 g/mol. The molecule has 0 saturated heterocycles. The standard InChI is InChI=1S/C13H7NO2S2/c15-11(10-6-3-7-17-10)12(16)13-14-8-4-1-2-5-9(8)18-13/h1-7H. The van der Waals surface area contributed by atoms with Gasteiger partial charge in [0.25, 0.3) is 5.78 Å². The number of fused-ring (bicyclic) bond motifs is 1. The first-order valence-electron chi connectivity index (χ1n) is 5.24. The van der Waals surface area contributed by atoms with Crippen molar-refractivity contribution in [3.05, 3.63) is 51.7 Å². The number of hydrogen-bond donors (Lipinski definition) is 0. The van der Waals surface area contributed by atoms with Gasteiger partial charge in [0, 0.05) is 0 Å². The summed E-state index contributed by atoms with van der Waals surface area (Å²) in [6, 6.07) is 10.9. The molecule has 0 aliphatic rings. The van der Waals surface area contributed by atoms with Gasteiger partial charge in [-0.05, 0) is 23.6 Å². The van der Waals surface area contributed by atoms with Crippen molar-refractivity contribution in [1.82, 2.24) is 4.98 Å². The van der Waals surface area contributed by atoms with E-state index >= 15 is 0 Å². The molecule has 18 heavy (non-hydrogen) atoms. The van der Waals surface area contributed by atoms with Crippen molar-refractivity contribution in [3.63, 3.8) is 0 Å². The van der Waals surface area contributed by atoms with Gasteiger partial charge in [-0.1, -0.05) is 18.2 Å². The van der Waals surface area contributed by atoms with E-state index in [1.54, 1.807) is 17.5 Å². The van der Waals surface area contributed by atoms with Crippen molar-refractivity contribution >= 4 is 44.5 Å². The molecule has 3 aromatic rings. The summed E-state index contributed by atoms with van der Waals surface area (Å²) in [5.74, 6) is -1.01. The Morgan fingerprint density at radius 3 is 2.56 bits per heavy atom. The van der Waals surface area contributed by atoms with E-state index in [-0.39, 0.29) is 5.01 Å². The molecule has 1 aromatic carbocycles. The highest BCUT2D eigenvalue weighted by Gasteiger charge is 2.22. The smallest absolute Gasteiger partial charge is 0.262 e. The van der Waals surface area contributed by atoms with E-state index in [9.17, 15) is 9.59 Å². The maximum atomic E-state index is 12.0. The fourth-order valence-corrected chi connectivity index (χ4v) is 3.15. The van der Waals surface area contributed by atoms with E-state index in [4.69, 9.17) is 0 Å². The average molecular weight is 273 g/mol. The normalized spacial score (nSPS) is 10.7. The highest BCUT2D eigenvalue weighted by atomic mass is 32.1. The van der Waals surface area contributed by atoms with Crippen LogP contribution in [0.2, 0.25) is 0 Å². The van der Waals surface area contributed by atoms with Crippen molar-refractivity contribution in [1.29, 1.82) is 0 Å². The Bertz CT molecular complexity index is 695. The summed E-state index contributed by atoms with van der Waals surface area (Å²) >= 11 is 2.52. The molecule has 0 N–H and O–H groups in total. The molecule has 0 radical (unpaired) electrons. The van der Waals surface area contributed by atoms with Gasteiger partial charge in [0.15, 0.2) is 5.01 Å². The number of Topliss-reactive ketones (excluding diaryl/α,β-unsaturated/α-hetero) is 2. The second-order valence-electron chi connectivity index (χ2n) is 3.62. The Morgan fingerprint density at radius 2 is 1.83 bits per heavy atom. The molecule has 88 valence electrons. The Balaban J connectivity index is 1.99. The lowest BCUT2D eigenvalue weighted by molar-refractivity contribution is 0.0819. The van der Waals surface area contributed by atoms with Crippen LogP contribution in [-0.4, -0.2) is 16.6 Å². The van der Waals surface area contributed by atoms with Gasteiger partial charge in [0.05, 0.1) is 15.1 Å². The SMILES string of the molecule is O=C(C(=O)c1nc2ccccc2s1)c1cccs1. The summed E-state index contributed by atoms with van der Waals surface area (Å²) in [5, 5.41) is 2.04. The van der Waals surface area contributed by atoms with Crippen LogP contribution in [0.25, 0.3) is 10.2 Å². The van der Waals surface area contributed by atoms with Crippen LogP contribution in [-0.2, 0) is 0 Å². The molecule has 0 atom stereocenters. The number of ketones is 2. The molecule has 2 aromatic heterocycles. The minimum atomic E-state index is -0.529. The summed E-state index contributed by atoms with van der Waals surface area (Å²) in [7, 11) is 0. The third-order valence-electron chi connectivity index (χ3n) is 2.44. The second-order valence-corrected chi connectivity index (χ2v) is 5.60. The van der Waals surface area contributed by atoms with Gasteiger partial charge in [-0.15, -0.1) is 22.7 Å². The fraction of sp³-hybridized carbons (Fsp3) is 0. The molecule has 5 heteroatoms. The quantitative estimate of drug-likeness (QED) is 0.542. The number of para-hydroxylation sites is 1. The van der Waals surface area contributed by atoms with Crippen molar-refractivity contribution < 1.29 is 9.59 Å². The van der Waals surface area contributed by atoms with E-state index in [2.05, 4.69) is 4.98 Å². The van der Waals surface area contributed by atoms with Gasteiger partial charge in [0.2, 0.25) is 5.78 Å². The molecule has 0 aliphatic carbocycles. The monoisotopic (exact) mass is 273 g/mol. The Hall–Kier alpha value is -1.85. The number of carbonyl (C=O) groups excluding carboxylic acids is 2. The Labute approximate surface area is 111 Å². The zero-order valence-corrected chi connectivity index (χ0v) is 10.8. The molecule has 0 fully saturated rings. The Kier molecular flexibility index (Phi) is 2.77. The minimum absolute atomic E-state index is 0.259. The summed E-state index contributed by atoms with van der Waals surface area (Å²) in [6.07, 6.45) is 0. The third-order valence-corrected chi connectivity index (χ3v) is 4.34. The third kappa shape index (κ3) is 1.87. The number of hydrogen-bond acceptors (Lipinski definition) is 5. The minimum Gasteiger partial charge on any atom is -0.284 e. The van der Waals surface area contributed by atoms with Crippen LogP contribution in [0.4, 0.5) is 0 Å². The van der Waals surface area contributed by atoms with Gasteiger partial charge in [0.1, 0.15) is 0 Å². The van der Waals surface area contributed by atoms with Gasteiger partial charge in [-0.2, -0.15) is 0 Å². The first-order chi connectivity index (χ1) is 8.75. The molecular formula is C13H7NO2S2. The van der Waals surface area contributed by atoms with Gasteiger partial charge >= 0.3 is 0 Å². The molecule has 0 saturated carbocycles. The molecule has 3 nitrogen and oxygen atoms in total. The van der Waals surface area contributed by atoms with Gasteiger partial charge in [-0.3, -0.25) is 9.59 Å². The zero-order chi connectivity index (χ0) is 12.5. The molecule has 0 unspecified atom stereocenters. The summed E-state index contributed by atoms with van der Waals surface area (Å²) in [5.41, 5.74) is 0.754. The lowest BCUT2D eigenvalue weighted by Crippen LogP contribution is -2.12. The van der Waals surface area contributed by atoms with Gasteiger partial charge in [-0.25, -0.2) is 4.98 Å². The summed E-state index contributed by atoms with van der Waals surface area (Å²) in [6.45, 7) is 0. The number of benzene rings is 1. The maximum Gasteiger partial charge on any atom is 0.262 e. The number of nitrogens with zero attached hydrogens (tertiary/aromatic N) is 1. The predicted molar refractivity (Wildman–Crippen MR) is 72.6 cm³/mol. The highest BCUT2D eigenvalue weighted by molar-refractivity contribution is 7.21. The van der Waals surface area contributed by atoms with E-state index in [0.717, 1.165) is 10.2 Å². The van der Waals surface area contributed by atoms with Crippen LogP contribution >= 0.6 is 22.7 Å². The molecule has 0 bridgehead atoms. The predicted octanol–water partition coefficient (Wildman–Crippen LogP) is 3.42. The molecule has 2 heterocycles. The van der Waals surface area contributed by atoms with Crippen LogP contribution < -0.4 is 0 Å². The van der Waals surface area contributed by atoms with Crippen LogP contribution in [0.5, 0.6) is 0 Å². The lowest BCUT2D eigenvalue weighted by atomic mass is 10.2. The van der Waals surface area contributed by atoms with Crippen LogP contribution in [0.1, 0.15) is 19.5 Å². The van der Waals surface area contributed by atoms with Crippen molar-refractivity contribution in [2.24, 2.45) is 0 Å². The van der Waals surface area contributed by atoms with Crippen LogP contribution in [0, 0.1) is 0 Å². The molecule has 3 rings (SSSR count). The number of thiazole rings is 1. The van der Waals surface area contributed by atoms with E-state index in [0.29, 0.717) is 4.88 Å². The van der Waals surface area contributed by atoms with E-state index < -0.39 is 11.6 Å². The number of thiophene rings is 1. The second kappa shape index (κ2) is 4.44. The Morgan fingerprint density at radius 1 is 1.00 bits per heavy atom. The van der Waals surface area contributed by atoms with Gasteiger partial charge < -0.3 is 0 Å². The maximum absolute atomic E-state index is 12.0.